The fourth-order valence-electron chi connectivity index (χ4n) is 2.05. The predicted octanol–water partition coefficient (Wildman–Crippen LogP) is -2.99. The van der Waals surface area contributed by atoms with Crippen molar-refractivity contribution in [1.29, 1.82) is 0 Å². The molecule has 4 nitrogen and oxygen atoms in total. The van der Waals surface area contributed by atoms with E-state index in [0.29, 0.717) is 0 Å². The first kappa shape index (κ1) is 28.2. The topological polar surface area (TPSA) is 72.4 Å². The van der Waals surface area contributed by atoms with Crippen LogP contribution in [0.4, 0.5) is 0 Å². The molecule has 0 amide bonds. The van der Waals surface area contributed by atoms with E-state index in [0.717, 1.165) is 38.5 Å². The first-order valence-electron chi connectivity index (χ1n) is 7.16. The van der Waals surface area contributed by atoms with E-state index in [1.54, 1.807) is 0 Å². The largest absolute Gasteiger partial charge is 1.00 e. The molecule has 0 aliphatic rings. The molecular formula is C13H27K2O4P. The second kappa shape index (κ2) is 18.7. The van der Waals surface area contributed by atoms with Gasteiger partial charge in [0.1, 0.15) is 0 Å². The maximum atomic E-state index is 10.5. The fourth-order valence-corrected chi connectivity index (χ4v) is 2.44. The second-order valence-electron chi connectivity index (χ2n) is 4.95. The number of phosphoric ester groups is 1. The smallest absolute Gasteiger partial charge is 0.790 e. The van der Waals surface area contributed by atoms with Gasteiger partial charge in [0.2, 0.25) is 0 Å². The van der Waals surface area contributed by atoms with Crippen LogP contribution in [-0.2, 0) is 9.09 Å². The van der Waals surface area contributed by atoms with Crippen molar-refractivity contribution in [3.63, 3.8) is 0 Å². The molecule has 0 spiro atoms. The van der Waals surface area contributed by atoms with Crippen LogP contribution in [0.1, 0.15) is 71.6 Å². The average molecular weight is 357 g/mol. The van der Waals surface area contributed by atoms with Crippen LogP contribution < -0.4 is 113 Å². The van der Waals surface area contributed by atoms with Gasteiger partial charge in [-0.15, -0.1) is 0 Å². The van der Waals surface area contributed by atoms with E-state index in [1.807, 2.05) is 0 Å². The summed E-state index contributed by atoms with van der Waals surface area (Å²) in [6, 6.07) is 0. The number of unbranched alkanes of at least 4 members (excludes halogenated alkanes) is 5. The third kappa shape index (κ3) is 21.4. The van der Waals surface area contributed by atoms with Crippen molar-refractivity contribution < 1.29 is 122 Å². The third-order valence-corrected chi connectivity index (χ3v) is 3.62. The van der Waals surface area contributed by atoms with Gasteiger partial charge in [-0.05, 0) is 18.8 Å². The molecule has 0 radical (unpaired) electrons. The predicted molar refractivity (Wildman–Crippen MR) is 69.9 cm³/mol. The number of phosphoric acid groups is 1. The molecule has 0 aromatic heterocycles. The molecule has 20 heavy (non-hydrogen) atoms. The van der Waals surface area contributed by atoms with E-state index >= 15 is 0 Å². The van der Waals surface area contributed by atoms with Crippen molar-refractivity contribution >= 4 is 7.82 Å². The van der Waals surface area contributed by atoms with Gasteiger partial charge in [-0.1, -0.05) is 58.8 Å². The van der Waals surface area contributed by atoms with Gasteiger partial charge in [0.05, 0.1) is 14.4 Å². The zero-order valence-corrected chi connectivity index (χ0v) is 20.9. The van der Waals surface area contributed by atoms with Crippen LogP contribution in [0.25, 0.3) is 0 Å². The molecule has 0 saturated carbocycles. The molecule has 0 aliphatic carbocycles. The SMILES string of the molecule is CCCCCCC(CCCCC)COP(=O)([O-])[O-].[K+].[K+]. The Labute approximate surface area is 209 Å². The van der Waals surface area contributed by atoms with Crippen LogP contribution in [0.2, 0.25) is 0 Å². The zero-order valence-electron chi connectivity index (χ0n) is 13.7. The third-order valence-electron chi connectivity index (χ3n) is 3.15. The van der Waals surface area contributed by atoms with Crippen molar-refractivity contribution in [1.82, 2.24) is 0 Å². The molecule has 0 fully saturated rings. The Morgan fingerprint density at radius 2 is 1.35 bits per heavy atom. The first-order valence-corrected chi connectivity index (χ1v) is 8.62. The molecule has 7 heteroatoms. The van der Waals surface area contributed by atoms with E-state index in [1.165, 1.54) is 19.3 Å². The summed E-state index contributed by atoms with van der Waals surface area (Å²) >= 11 is 0. The van der Waals surface area contributed by atoms with Gasteiger partial charge < -0.3 is 18.9 Å². The summed E-state index contributed by atoms with van der Waals surface area (Å²) < 4.78 is 14.9. The Bertz CT molecular complexity index is 236. The summed E-state index contributed by atoms with van der Waals surface area (Å²) in [5.41, 5.74) is 0. The molecule has 0 aromatic carbocycles. The van der Waals surface area contributed by atoms with Crippen LogP contribution in [0.3, 0.4) is 0 Å². The molecule has 0 rings (SSSR count). The summed E-state index contributed by atoms with van der Waals surface area (Å²) in [6.07, 6.45) is 9.97. The van der Waals surface area contributed by atoms with Crippen molar-refractivity contribution in [2.75, 3.05) is 6.61 Å². The molecule has 110 valence electrons. The van der Waals surface area contributed by atoms with Gasteiger partial charge >= 0.3 is 103 Å². The minimum atomic E-state index is -4.80. The van der Waals surface area contributed by atoms with Gasteiger partial charge in [0.15, 0.2) is 0 Å². The number of rotatable bonds is 12. The van der Waals surface area contributed by atoms with Crippen LogP contribution in [0, 0.1) is 5.92 Å². The number of hydrogen-bond donors (Lipinski definition) is 0. The Morgan fingerprint density at radius 1 is 0.900 bits per heavy atom. The molecule has 0 saturated heterocycles. The molecule has 1 atom stereocenters. The van der Waals surface area contributed by atoms with Gasteiger partial charge in [-0.3, -0.25) is 0 Å². The van der Waals surface area contributed by atoms with Crippen molar-refractivity contribution in [3.05, 3.63) is 0 Å². The first-order chi connectivity index (χ1) is 8.49. The maximum Gasteiger partial charge on any atom is 1.00 e. The summed E-state index contributed by atoms with van der Waals surface area (Å²) in [5.74, 6) is 0.213. The Hall–Kier alpha value is 3.38. The van der Waals surface area contributed by atoms with Crippen LogP contribution >= 0.6 is 7.82 Å². The standard InChI is InChI=1S/C13H29O4P.2K/c1-3-5-7-9-11-13(10-8-6-4-2)12-17-18(14,15)16;;/h13H,3-12H2,1-2H3,(H2,14,15,16);;/q;2*+1/p-2. The summed E-state index contributed by atoms with van der Waals surface area (Å²) in [6.45, 7) is 4.36. The van der Waals surface area contributed by atoms with E-state index in [4.69, 9.17) is 0 Å². The van der Waals surface area contributed by atoms with Crippen molar-refractivity contribution in [2.45, 2.75) is 71.6 Å². The molecular weight excluding hydrogens is 329 g/mol. The molecule has 0 aromatic rings. The molecule has 0 aliphatic heterocycles. The molecule has 0 N–H and O–H groups in total. The van der Waals surface area contributed by atoms with Crippen LogP contribution in [0.15, 0.2) is 0 Å². The van der Waals surface area contributed by atoms with E-state index in [-0.39, 0.29) is 115 Å². The fraction of sp³-hybridized carbons (Fsp3) is 1.00. The number of hydrogen-bond acceptors (Lipinski definition) is 4. The van der Waals surface area contributed by atoms with Gasteiger partial charge in [-0.2, -0.15) is 0 Å². The quantitative estimate of drug-likeness (QED) is 0.212. The minimum absolute atomic E-state index is 0. The Morgan fingerprint density at radius 3 is 1.80 bits per heavy atom. The minimum Gasteiger partial charge on any atom is -0.790 e. The van der Waals surface area contributed by atoms with Gasteiger partial charge in [0, 0.05) is 0 Å². The van der Waals surface area contributed by atoms with E-state index < -0.39 is 7.82 Å². The normalized spacial score (nSPS) is 12.4. The Kier molecular flexibility index (Phi) is 26.4. The van der Waals surface area contributed by atoms with Gasteiger partial charge in [-0.25, -0.2) is 0 Å². The van der Waals surface area contributed by atoms with Crippen LogP contribution in [0.5, 0.6) is 0 Å². The van der Waals surface area contributed by atoms with E-state index in [9.17, 15) is 14.4 Å². The average Bonchev–Trinajstić information content (AvgIpc) is 2.29. The van der Waals surface area contributed by atoms with E-state index in [2.05, 4.69) is 18.4 Å². The molecule has 0 bridgehead atoms. The van der Waals surface area contributed by atoms with Gasteiger partial charge in [0.25, 0.3) is 0 Å². The zero-order chi connectivity index (χ0) is 13.9. The maximum absolute atomic E-state index is 10.5. The van der Waals surface area contributed by atoms with Crippen LogP contribution in [-0.4, -0.2) is 6.61 Å². The van der Waals surface area contributed by atoms with Crippen molar-refractivity contribution in [2.24, 2.45) is 5.92 Å². The monoisotopic (exact) mass is 356 g/mol. The summed E-state index contributed by atoms with van der Waals surface area (Å²) in [4.78, 5) is 21.0. The summed E-state index contributed by atoms with van der Waals surface area (Å²) in [5, 5.41) is 0. The molecule has 1 unspecified atom stereocenters. The Balaban J connectivity index is -0.00000144. The van der Waals surface area contributed by atoms with Crippen molar-refractivity contribution in [3.8, 4) is 0 Å². The molecule has 0 heterocycles. The summed E-state index contributed by atoms with van der Waals surface area (Å²) in [7, 11) is -4.80. The second-order valence-corrected chi connectivity index (χ2v) is 6.11.